The van der Waals surface area contributed by atoms with Crippen molar-refractivity contribution in [1.82, 2.24) is 19.9 Å². The Kier molecular flexibility index (Phi) is 4.14. The fourth-order valence-electron chi connectivity index (χ4n) is 3.82. The average Bonchev–Trinajstić information content (AvgIpc) is 2.83. The van der Waals surface area contributed by atoms with Crippen LogP contribution in [-0.2, 0) is 4.74 Å². The first-order valence-electron chi connectivity index (χ1n) is 8.85. The van der Waals surface area contributed by atoms with Crippen LogP contribution in [0.5, 0.6) is 0 Å². The van der Waals surface area contributed by atoms with Crippen molar-refractivity contribution in [2.45, 2.75) is 51.3 Å². The van der Waals surface area contributed by atoms with Gasteiger partial charge in [0, 0.05) is 13.1 Å². The Morgan fingerprint density at radius 3 is 2.54 bits per heavy atom. The van der Waals surface area contributed by atoms with Gasteiger partial charge >= 0.3 is 6.09 Å². The average molecular weight is 376 g/mol. The number of piperazine rings is 1. The van der Waals surface area contributed by atoms with Gasteiger partial charge in [0.2, 0.25) is 0 Å². The van der Waals surface area contributed by atoms with Gasteiger partial charge in [-0.25, -0.2) is 19.7 Å². The normalized spacial score (nSPS) is 22.8. The van der Waals surface area contributed by atoms with Gasteiger partial charge in [0.25, 0.3) is 0 Å². The Balaban J connectivity index is 1.60. The highest BCUT2D eigenvalue weighted by molar-refractivity contribution is 6.29. The van der Waals surface area contributed by atoms with E-state index < -0.39 is 5.60 Å². The van der Waals surface area contributed by atoms with E-state index in [1.807, 2.05) is 31.7 Å². The molecule has 1 amide bonds. The first-order valence-corrected chi connectivity index (χ1v) is 9.23. The fourth-order valence-corrected chi connectivity index (χ4v) is 3.97. The molecule has 0 N–H and O–H groups in total. The molecular formula is C18H22ClN5O2. The number of amides is 1. The van der Waals surface area contributed by atoms with Crippen molar-refractivity contribution in [3.8, 4) is 0 Å². The SMILES string of the molecule is CC(C)(C)OC(=O)N1C2CCC1CN(c1ncnc3ccc(Cl)nc13)C2. The summed E-state index contributed by atoms with van der Waals surface area (Å²) in [4.78, 5) is 29.8. The van der Waals surface area contributed by atoms with Gasteiger partial charge in [-0.15, -0.1) is 0 Å². The Morgan fingerprint density at radius 1 is 1.19 bits per heavy atom. The van der Waals surface area contributed by atoms with Crippen LogP contribution in [0.25, 0.3) is 11.0 Å². The standard InChI is InChI=1S/C18H22ClN5O2/c1-18(2,3)26-17(25)24-11-4-5-12(24)9-23(8-11)16-15-13(20-10-21-16)6-7-14(19)22-15/h6-7,10-12H,4-5,8-9H2,1-3H3. The van der Waals surface area contributed by atoms with Crippen molar-refractivity contribution in [1.29, 1.82) is 0 Å². The van der Waals surface area contributed by atoms with Gasteiger partial charge in [-0.2, -0.15) is 0 Å². The summed E-state index contributed by atoms with van der Waals surface area (Å²) in [5.41, 5.74) is 0.975. The number of carbonyl (C=O) groups excluding carboxylic acids is 1. The van der Waals surface area contributed by atoms with Crippen LogP contribution in [0.15, 0.2) is 18.5 Å². The minimum atomic E-state index is -0.489. The van der Waals surface area contributed by atoms with Crippen LogP contribution < -0.4 is 4.90 Å². The van der Waals surface area contributed by atoms with Crippen molar-refractivity contribution >= 4 is 34.5 Å². The lowest BCUT2D eigenvalue weighted by molar-refractivity contribution is 0.0123. The highest BCUT2D eigenvalue weighted by Gasteiger charge is 2.44. The van der Waals surface area contributed by atoms with Crippen LogP contribution in [0.4, 0.5) is 10.6 Å². The van der Waals surface area contributed by atoms with E-state index in [4.69, 9.17) is 16.3 Å². The summed E-state index contributed by atoms with van der Waals surface area (Å²) < 4.78 is 5.60. The second-order valence-corrected chi connectivity index (χ2v) is 8.26. The Labute approximate surface area is 157 Å². The maximum absolute atomic E-state index is 12.6. The highest BCUT2D eigenvalue weighted by atomic mass is 35.5. The minimum Gasteiger partial charge on any atom is -0.444 e. The predicted octanol–water partition coefficient (Wildman–Crippen LogP) is 3.27. The van der Waals surface area contributed by atoms with E-state index >= 15 is 0 Å². The van der Waals surface area contributed by atoms with Gasteiger partial charge in [-0.05, 0) is 45.7 Å². The summed E-state index contributed by atoms with van der Waals surface area (Å²) in [6.45, 7) is 7.09. The number of nitrogens with zero attached hydrogens (tertiary/aromatic N) is 5. The lowest BCUT2D eigenvalue weighted by Gasteiger charge is -2.41. The molecule has 26 heavy (non-hydrogen) atoms. The first kappa shape index (κ1) is 17.3. The minimum absolute atomic E-state index is 0.118. The third kappa shape index (κ3) is 3.16. The van der Waals surface area contributed by atoms with E-state index in [-0.39, 0.29) is 18.2 Å². The van der Waals surface area contributed by atoms with Crippen molar-refractivity contribution in [3.05, 3.63) is 23.6 Å². The van der Waals surface area contributed by atoms with E-state index in [1.165, 1.54) is 0 Å². The van der Waals surface area contributed by atoms with Crippen LogP contribution in [0, 0.1) is 0 Å². The van der Waals surface area contributed by atoms with E-state index in [9.17, 15) is 4.79 Å². The van der Waals surface area contributed by atoms with Crippen molar-refractivity contribution < 1.29 is 9.53 Å². The van der Waals surface area contributed by atoms with Crippen LogP contribution in [-0.4, -0.2) is 56.7 Å². The zero-order valence-electron chi connectivity index (χ0n) is 15.1. The maximum atomic E-state index is 12.6. The molecule has 2 unspecified atom stereocenters. The zero-order valence-corrected chi connectivity index (χ0v) is 15.9. The molecule has 2 bridgehead atoms. The van der Waals surface area contributed by atoms with Crippen LogP contribution >= 0.6 is 11.6 Å². The molecule has 2 saturated heterocycles. The Hall–Kier alpha value is -2.15. The fraction of sp³-hybridized carbons (Fsp3) is 0.556. The molecule has 0 spiro atoms. The quantitative estimate of drug-likeness (QED) is 0.712. The van der Waals surface area contributed by atoms with E-state index in [0.717, 1.165) is 24.2 Å². The number of pyridine rings is 1. The molecule has 2 aliphatic rings. The summed E-state index contributed by atoms with van der Waals surface area (Å²) in [7, 11) is 0. The van der Waals surface area contributed by atoms with Crippen LogP contribution in [0.3, 0.4) is 0 Å². The third-order valence-electron chi connectivity index (χ3n) is 4.81. The Bertz CT molecular complexity index is 839. The number of hydrogen-bond donors (Lipinski definition) is 0. The first-order chi connectivity index (χ1) is 12.3. The van der Waals surface area contributed by atoms with E-state index in [2.05, 4.69) is 19.9 Å². The van der Waals surface area contributed by atoms with Crippen molar-refractivity contribution in [2.24, 2.45) is 0 Å². The van der Waals surface area contributed by atoms with Gasteiger partial charge in [0.05, 0.1) is 17.6 Å². The smallest absolute Gasteiger partial charge is 0.410 e. The molecule has 2 atom stereocenters. The van der Waals surface area contributed by atoms with Crippen LogP contribution in [0.1, 0.15) is 33.6 Å². The molecule has 4 rings (SSSR count). The van der Waals surface area contributed by atoms with E-state index in [1.54, 1.807) is 12.4 Å². The number of carbonyl (C=O) groups is 1. The molecule has 2 aromatic rings. The Morgan fingerprint density at radius 2 is 1.88 bits per heavy atom. The lowest BCUT2D eigenvalue weighted by Crippen LogP contribution is -2.57. The molecule has 138 valence electrons. The molecule has 2 aromatic heterocycles. The summed E-state index contributed by atoms with van der Waals surface area (Å²) in [6, 6.07) is 3.81. The number of rotatable bonds is 1. The van der Waals surface area contributed by atoms with Gasteiger partial charge in [0.15, 0.2) is 5.82 Å². The monoisotopic (exact) mass is 375 g/mol. The highest BCUT2D eigenvalue weighted by Crippen LogP contribution is 2.34. The lowest BCUT2D eigenvalue weighted by atomic mass is 10.2. The molecule has 0 aliphatic carbocycles. The molecule has 2 aliphatic heterocycles. The topological polar surface area (TPSA) is 71.5 Å². The van der Waals surface area contributed by atoms with Gasteiger partial charge in [0.1, 0.15) is 22.6 Å². The number of hydrogen-bond acceptors (Lipinski definition) is 6. The summed E-state index contributed by atoms with van der Waals surface area (Å²) >= 11 is 6.07. The second kappa shape index (κ2) is 6.23. The number of anilines is 1. The van der Waals surface area contributed by atoms with Gasteiger partial charge in [-0.1, -0.05) is 11.6 Å². The molecule has 8 heteroatoms. The predicted molar refractivity (Wildman–Crippen MR) is 99.4 cm³/mol. The number of fused-ring (bicyclic) bond motifs is 3. The number of ether oxygens (including phenoxy) is 1. The number of halogens is 1. The molecule has 0 aromatic carbocycles. The molecule has 7 nitrogen and oxygen atoms in total. The zero-order chi connectivity index (χ0) is 18.5. The van der Waals surface area contributed by atoms with Gasteiger partial charge in [-0.3, -0.25) is 4.90 Å². The molecular weight excluding hydrogens is 354 g/mol. The molecule has 0 saturated carbocycles. The summed E-state index contributed by atoms with van der Waals surface area (Å²) in [5.74, 6) is 0.776. The second-order valence-electron chi connectivity index (χ2n) is 7.88. The molecule has 2 fully saturated rings. The summed E-state index contributed by atoms with van der Waals surface area (Å²) in [6.07, 6.45) is 3.27. The largest absolute Gasteiger partial charge is 0.444 e. The number of aromatic nitrogens is 3. The van der Waals surface area contributed by atoms with Crippen molar-refractivity contribution in [3.63, 3.8) is 0 Å². The van der Waals surface area contributed by atoms with Crippen molar-refractivity contribution in [2.75, 3.05) is 18.0 Å². The van der Waals surface area contributed by atoms with E-state index in [0.29, 0.717) is 23.8 Å². The van der Waals surface area contributed by atoms with Crippen LogP contribution in [0.2, 0.25) is 5.15 Å². The summed E-state index contributed by atoms with van der Waals surface area (Å²) in [5, 5.41) is 0.420. The third-order valence-corrected chi connectivity index (χ3v) is 5.03. The van der Waals surface area contributed by atoms with Gasteiger partial charge < -0.3 is 9.64 Å². The molecule has 4 heterocycles. The molecule has 0 radical (unpaired) electrons. The maximum Gasteiger partial charge on any atom is 0.410 e.